The second-order valence-corrected chi connectivity index (χ2v) is 5.95. The van der Waals surface area contributed by atoms with Crippen molar-refractivity contribution in [2.24, 2.45) is 0 Å². The molecule has 0 saturated heterocycles. The smallest absolute Gasteiger partial charge is 0.226 e. The number of para-hydroxylation sites is 4. The van der Waals surface area contributed by atoms with Gasteiger partial charge in [0.25, 0.3) is 0 Å². The predicted octanol–water partition coefficient (Wildman–Crippen LogP) is 5.23. The lowest BCUT2D eigenvalue weighted by Crippen LogP contribution is -2.16. The van der Waals surface area contributed by atoms with Gasteiger partial charge < -0.3 is 15.4 Å². The zero-order chi connectivity index (χ0) is 18.2. The summed E-state index contributed by atoms with van der Waals surface area (Å²) in [5, 5.41) is 6.22. The number of amides is 1. The van der Waals surface area contributed by atoms with Crippen LogP contribution >= 0.6 is 0 Å². The zero-order valence-electron chi connectivity index (χ0n) is 14.7. The maximum Gasteiger partial charge on any atom is 0.226 e. The lowest BCUT2D eigenvalue weighted by Gasteiger charge is -2.13. The van der Waals surface area contributed by atoms with E-state index >= 15 is 0 Å². The number of ether oxygens (including phenoxy) is 1. The average Bonchev–Trinajstić information content (AvgIpc) is 2.66. The van der Waals surface area contributed by atoms with E-state index in [4.69, 9.17) is 4.74 Å². The Hall–Kier alpha value is -3.27. The van der Waals surface area contributed by atoms with E-state index in [1.54, 1.807) is 0 Å². The van der Waals surface area contributed by atoms with Crippen LogP contribution < -0.4 is 15.4 Å². The van der Waals surface area contributed by atoms with Gasteiger partial charge in [0.15, 0.2) is 5.75 Å². The second-order valence-electron chi connectivity index (χ2n) is 5.95. The van der Waals surface area contributed by atoms with E-state index in [0.29, 0.717) is 13.0 Å². The molecular formula is C22H22N2O2. The molecule has 2 N–H and O–H groups in total. The topological polar surface area (TPSA) is 50.4 Å². The maximum atomic E-state index is 12.1. The van der Waals surface area contributed by atoms with Gasteiger partial charge in [0.05, 0.1) is 5.69 Å². The maximum absolute atomic E-state index is 12.1. The van der Waals surface area contributed by atoms with Gasteiger partial charge in [0, 0.05) is 18.7 Å². The summed E-state index contributed by atoms with van der Waals surface area (Å²) in [5.41, 5.74) is 2.76. The number of hydrogen-bond acceptors (Lipinski definition) is 3. The number of rotatable bonds is 7. The molecule has 3 aromatic rings. The van der Waals surface area contributed by atoms with Crippen LogP contribution in [0.3, 0.4) is 0 Å². The molecule has 0 radical (unpaired) electrons. The minimum Gasteiger partial charge on any atom is -0.455 e. The molecule has 1 amide bonds. The van der Waals surface area contributed by atoms with Gasteiger partial charge in [-0.1, -0.05) is 48.5 Å². The summed E-state index contributed by atoms with van der Waals surface area (Å²) in [4.78, 5) is 12.1. The molecule has 0 spiro atoms. The number of carbonyl (C=O) groups excluding carboxylic acids is 1. The van der Waals surface area contributed by atoms with Crippen LogP contribution in [0.5, 0.6) is 11.5 Å². The van der Waals surface area contributed by atoms with E-state index in [1.165, 1.54) is 0 Å². The van der Waals surface area contributed by atoms with E-state index < -0.39 is 0 Å². The van der Waals surface area contributed by atoms with Crippen LogP contribution in [-0.2, 0) is 4.79 Å². The van der Waals surface area contributed by atoms with Gasteiger partial charge in [-0.3, -0.25) is 4.79 Å². The zero-order valence-corrected chi connectivity index (χ0v) is 14.7. The number of nitrogens with one attached hydrogen (secondary N) is 2. The van der Waals surface area contributed by atoms with Crippen molar-refractivity contribution in [3.05, 3.63) is 84.4 Å². The lowest BCUT2D eigenvalue weighted by molar-refractivity contribution is -0.115. The first-order valence-corrected chi connectivity index (χ1v) is 8.63. The van der Waals surface area contributed by atoms with Crippen molar-refractivity contribution in [2.45, 2.75) is 13.3 Å². The Morgan fingerprint density at radius 1 is 0.846 bits per heavy atom. The summed E-state index contributed by atoms with van der Waals surface area (Å²) in [6.07, 6.45) is 0.369. The van der Waals surface area contributed by atoms with Crippen LogP contribution in [0.2, 0.25) is 0 Å². The predicted molar refractivity (Wildman–Crippen MR) is 106 cm³/mol. The van der Waals surface area contributed by atoms with Gasteiger partial charge >= 0.3 is 0 Å². The van der Waals surface area contributed by atoms with Gasteiger partial charge in [-0.2, -0.15) is 0 Å². The lowest BCUT2D eigenvalue weighted by atomic mass is 10.2. The second kappa shape index (κ2) is 8.72. The molecule has 0 heterocycles. The molecule has 0 aliphatic rings. The van der Waals surface area contributed by atoms with Crippen molar-refractivity contribution in [3.63, 3.8) is 0 Å². The normalized spacial score (nSPS) is 10.2. The molecule has 0 saturated carbocycles. The highest BCUT2D eigenvalue weighted by atomic mass is 16.5. The quantitative estimate of drug-likeness (QED) is 0.616. The first-order chi connectivity index (χ1) is 12.7. The molecule has 0 aliphatic carbocycles. The third-order valence-corrected chi connectivity index (χ3v) is 3.94. The third-order valence-electron chi connectivity index (χ3n) is 3.94. The number of anilines is 2. The van der Waals surface area contributed by atoms with E-state index in [0.717, 1.165) is 28.4 Å². The summed E-state index contributed by atoms with van der Waals surface area (Å²) in [6, 6.07) is 25.1. The summed E-state index contributed by atoms with van der Waals surface area (Å²) in [5.74, 6) is 1.49. The first-order valence-electron chi connectivity index (χ1n) is 8.63. The first kappa shape index (κ1) is 17.5. The number of hydrogen-bond donors (Lipinski definition) is 2. The van der Waals surface area contributed by atoms with Crippen molar-refractivity contribution in [1.82, 2.24) is 0 Å². The number of carbonyl (C=O) groups is 1. The molecule has 0 fully saturated rings. The van der Waals surface area contributed by atoms with Gasteiger partial charge in [-0.25, -0.2) is 0 Å². The van der Waals surface area contributed by atoms with Crippen LogP contribution in [0, 0.1) is 6.92 Å². The van der Waals surface area contributed by atoms with Crippen molar-refractivity contribution in [2.75, 3.05) is 17.2 Å². The number of aryl methyl sites for hydroxylation is 1. The standard InChI is InChI=1S/C22H22N2O2/c1-17-9-5-6-12-19(17)24-22(25)15-16-23-20-13-7-8-14-21(20)26-18-10-3-2-4-11-18/h2-14,23H,15-16H2,1H3,(H,24,25). The summed E-state index contributed by atoms with van der Waals surface area (Å²) >= 11 is 0. The highest BCUT2D eigenvalue weighted by Crippen LogP contribution is 2.29. The fourth-order valence-corrected chi connectivity index (χ4v) is 2.55. The molecule has 4 nitrogen and oxygen atoms in total. The van der Waals surface area contributed by atoms with E-state index in [9.17, 15) is 4.79 Å². The van der Waals surface area contributed by atoms with E-state index in [2.05, 4.69) is 10.6 Å². The minimum absolute atomic E-state index is 0.0201. The monoisotopic (exact) mass is 346 g/mol. The van der Waals surface area contributed by atoms with Gasteiger partial charge in [-0.05, 0) is 42.8 Å². The van der Waals surface area contributed by atoms with Gasteiger partial charge in [0.1, 0.15) is 5.75 Å². The van der Waals surface area contributed by atoms with E-state index in [1.807, 2.05) is 85.8 Å². The molecule has 0 unspecified atom stereocenters. The summed E-state index contributed by atoms with van der Waals surface area (Å²) in [7, 11) is 0. The Morgan fingerprint density at radius 2 is 1.50 bits per heavy atom. The Labute approximate surface area is 153 Å². The Morgan fingerprint density at radius 3 is 2.27 bits per heavy atom. The van der Waals surface area contributed by atoms with E-state index in [-0.39, 0.29) is 5.91 Å². The average molecular weight is 346 g/mol. The number of benzene rings is 3. The third kappa shape index (κ3) is 4.86. The van der Waals surface area contributed by atoms with Crippen molar-refractivity contribution in [3.8, 4) is 11.5 Å². The Kier molecular flexibility index (Phi) is 5.88. The molecule has 0 aromatic heterocycles. The fourth-order valence-electron chi connectivity index (χ4n) is 2.55. The Balaban J connectivity index is 1.55. The van der Waals surface area contributed by atoms with Gasteiger partial charge in [0.2, 0.25) is 5.91 Å². The van der Waals surface area contributed by atoms with Crippen LogP contribution in [0.25, 0.3) is 0 Å². The molecule has 0 aliphatic heterocycles. The molecule has 0 atom stereocenters. The molecule has 3 aromatic carbocycles. The Bertz CT molecular complexity index is 863. The highest BCUT2D eigenvalue weighted by molar-refractivity contribution is 5.91. The molecule has 132 valence electrons. The van der Waals surface area contributed by atoms with Crippen molar-refractivity contribution >= 4 is 17.3 Å². The molecule has 0 bridgehead atoms. The summed E-state index contributed by atoms with van der Waals surface area (Å²) in [6.45, 7) is 2.50. The molecule has 26 heavy (non-hydrogen) atoms. The van der Waals surface area contributed by atoms with Crippen LogP contribution in [0.15, 0.2) is 78.9 Å². The van der Waals surface area contributed by atoms with Crippen LogP contribution in [0.4, 0.5) is 11.4 Å². The van der Waals surface area contributed by atoms with Crippen LogP contribution in [0.1, 0.15) is 12.0 Å². The van der Waals surface area contributed by atoms with Crippen molar-refractivity contribution < 1.29 is 9.53 Å². The van der Waals surface area contributed by atoms with Gasteiger partial charge in [-0.15, -0.1) is 0 Å². The SMILES string of the molecule is Cc1ccccc1NC(=O)CCNc1ccccc1Oc1ccccc1. The van der Waals surface area contributed by atoms with Crippen molar-refractivity contribution in [1.29, 1.82) is 0 Å². The molecule has 4 heteroatoms. The minimum atomic E-state index is -0.0201. The van der Waals surface area contributed by atoms with Crippen LogP contribution in [-0.4, -0.2) is 12.5 Å². The highest BCUT2D eigenvalue weighted by Gasteiger charge is 2.07. The largest absolute Gasteiger partial charge is 0.455 e. The molecular weight excluding hydrogens is 324 g/mol. The molecule has 3 rings (SSSR count). The summed E-state index contributed by atoms with van der Waals surface area (Å²) < 4.78 is 5.92. The fraction of sp³-hybridized carbons (Fsp3) is 0.136.